The Labute approximate surface area is 115 Å². The summed E-state index contributed by atoms with van der Waals surface area (Å²) in [5.74, 6) is 0.176. The summed E-state index contributed by atoms with van der Waals surface area (Å²) in [5, 5.41) is 2.53. The molecule has 6 heteroatoms. The lowest BCUT2D eigenvalue weighted by Crippen LogP contribution is -2.35. The van der Waals surface area contributed by atoms with Gasteiger partial charge >= 0.3 is 0 Å². The number of ether oxygens (including phenoxy) is 1. The van der Waals surface area contributed by atoms with Crippen LogP contribution < -0.4 is 10.1 Å². The molecule has 0 aliphatic carbocycles. The fourth-order valence-electron chi connectivity index (χ4n) is 1.21. The minimum absolute atomic E-state index is 0.416. The van der Waals surface area contributed by atoms with Crippen LogP contribution in [-0.2, 0) is 11.2 Å². The lowest BCUT2D eigenvalue weighted by atomic mass is 10.1. The Kier molecular flexibility index (Phi) is 5.37. The van der Waals surface area contributed by atoms with Gasteiger partial charge in [0.15, 0.2) is 0 Å². The van der Waals surface area contributed by atoms with Crippen LogP contribution in [0.3, 0.4) is 0 Å². The number of methoxy groups -OCH3 is 1. The second-order valence-electron chi connectivity index (χ2n) is 3.35. The Bertz CT molecular complexity index is 373. The average molecular weight is 297 g/mol. The smallest absolute Gasteiger partial charge is 0.272 e. The van der Waals surface area contributed by atoms with Gasteiger partial charge in [0.05, 0.1) is 7.11 Å². The summed E-state index contributed by atoms with van der Waals surface area (Å²) in [6.45, 7) is 0.416. The quantitative estimate of drug-likeness (QED) is 0.868. The van der Waals surface area contributed by atoms with Gasteiger partial charge in [-0.3, -0.25) is 4.79 Å². The number of carbonyl (C=O) groups excluding carboxylic acids is 1. The van der Waals surface area contributed by atoms with E-state index in [9.17, 15) is 4.79 Å². The molecule has 0 unspecified atom stereocenters. The molecular formula is C11H12Cl3NO2. The second-order valence-corrected chi connectivity index (χ2v) is 5.63. The minimum Gasteiger partial charge on any atom is -0.497 e. The summed E-state index contributed by atoms with van der Waals surface area (Å²) in [6.07, 6.45) is 0.663. The largest absolute Gasteiger partial charge is 0.497 e. The molecule has 94 valence electrons. The lowest BCUT2D eigenvalue weighted by Gasteiger charge is -2.11. The lowest BCUT2D eigenvalue weighted by molar-refractivity contribution is -0.120. The third-order valence-corrected chi connectivity index (χ3v) is 2.63. The highest BCUT2D eigenvalue weighted by Crippen LogP contribution is 2.25. The number of amides is 1. The maximum Gasteiger partial charge on any atom is 0.272 e. The van der Waals surface area contributed by atoms with Crippen LogP contribution >= 0.6 is 34.8 Å². The zero-order chi connectivity index (χ0) is 12.9. The van der Waals surface area contributed by atoms with E-state index >= 15 is 0 Å². The number of carbonyl (C=O) groups is 1. The molecule has 0 radical (unpaired) electrons. The Hall–Kier alpha value is -0.640. The third kappa shape index (κ3) is 5.02. The molecular weight excluding hydrogens is 284 g/mol. The summed E-state index contributed by atoms with van der Waals surface area (Å²) in [7, 11) is 1.61. The van der Waals surface area contributed by atoms with E-state index in [-0.39, 0.29) is 0 Å². The van der Waals surface area contributed by atoms with Crippen molar-refractivity contribution in [3.05, 3.63) is 29.8 Å². The highest BCUT2D eigenvalue weighted by molar-refractivity contribution is 6.76. The van der Waals surface area contributed by atoms with E-state index in [0.717, 1.165) is 11.3 Å². The normalized spacial score (nSPS) is 11.1. The number of alkyl halides is 3. The highest BCUT2D eigenvalue weighted by atomic mass is 35.6. The van der Waals surface area contributed by atoms with Crippen LogP contribution in [0, 0.1) is 0 Å². The van der Waals surface area contributed by atoms with E-state index in [4.69, 9.17) is 39.5 Å². The van der Waals surface area contributed by atoms with Crippen LogP contribution in [-0.4, -0.2) is 23.4 Å². The van der Waals surface area contributed by atoms with E-state index in [2.05, 4.69) is 5.32 Å². The van der Waals surface area contributed by atoms with E-state index < -0.39 is 9.70 Å². The average Bonchev–Trinajstić information content (AvgIpc) is 2.28. The first kappa shape index (κ1) is 14.4. The zero-order valence-electron chi connectivity index (χ0n) is 9.17. The number of halogens is 3. The number of rotatable bonds is 4. The van der Waals surface area contributed by atoms with Crippen molar-refractivity contribution in [1.82, 2.24) is 5.32 Å². The van der Waals surface area contributed by atoms with Crippen LogP contribution in [0.4, 0.5) is 0 Å². The molecule has 17 heavy (non-hydrogen) atoms. The van der Waals surface area contributed by atoms with Crippen LogP contribution in [0.25, 0.3) is 0 Å². The van der Waals surface area contributed by atoms with Crippen LogP contribution in [0.1, 0.15) is 5.56 Å². The summed E-state index contributed by atoms with van der Waals surface area (Å²) in [6, 6.07) is 7.54. The Morgan fingerprint density at radius 2 is 1.88 bits per heavy atom. The predicted molar refractivity (Wildman–Crippen MR) is 70.0 cm³/mol. The highest BCUT2D eigenvalue weighted by Gasteiger charge is 2.29. The minimum atomic E-state index is -1.90. The van der Waals surface area contributed by atoms with Gasteiger partial charge in [0, 0.05) is 6.54 Å². The summed E-state index contributed by atoms with van der Waals surface area (Å²) >= 11 is 16.2. The molecule has 1 aromatic carbocycles. The monoisotopic (exact) mass is 295 g/mol. The third-order valence-electron chi connectivity index (χ3n) is 2.12. The number of benzene rings is 1. The molecule has 0 saturated carbocycles. The number of hydrogen-bond donors (Lipinski definition) is 1. The molecule has 0 bridgehead atoms. The molecule has 1 aromatic rings. The molecule has 1 amide bonds. The molecule has 0 aliphatic rings. The van der Waals surface area contributed by atoms with Gasteiger partial charge in [-0.15, -0.1) is 0 Å². The van der Waals surface area contributed by atoms with E-state index in [1.54, 1.807) is 7.11 Å². The fraction of sp³-hybridized carbons (Fsp3) is 0.364. The first-order valence-electron chi connectivity index (χ1n) is 4.91. The van der Waals surface area contributed by atoms with Gasteiger partial charge in [0.1, 0.15) is 5.75 Å². The molecule has 0 spiro atoms. The van der Waals surface area contributed by atoms with Crippen molar-refractivity contribution >= 4 is 40.7 Å². The molecule has 0 aliphatic heterocycles. The van der Waals surface area contributed by atoms with Crippen molar-refractivity contribution in [3.63, 3.8) is 0 Å². The van der Waals surface area contributed by atoms with Crippen molar-refractivity contribution in [2.45, 2.75) is 10.2 Å². The maximum absolute atomic E-state index is 11.2. The van der Waals surface area contributed by atoms with Gasteiger partial charge in [0.2, 0.25) is 0 Å². The van der Waals surface area contributed by atoms with Gasteiger partial charge in [-0.2, -0.15) is 0 Å². The number of hydrogen-bond acceptors (Lipinski definition) is 2. The van der Waals surface area contributed by atoms with Crippen LogP contribution in [0.15, 0.2) is 24.3 Å². The van der Waals surface area contributed by atoms with E-state index in [1.807, 2.05) is 24.3 Å². The van der Waals surface area contributed by atoms with Crippen molar-refractivity contribution in [2.75, 3.05) is 13.7 Å². The van der Waals surface area contributed by atoms with E-state index in [1.165, 1.54) is 0 Å². The summed E-state index contributed by atoms with van der Waals surface area (Å²) in [4.78, 5) is 11.2. The molecule has 0 fully saturated rings. The van der Waals surface area contributed by atoms with Crippen molar-refractivity contribution in [1.29, 1.82) is 0 Å². The van der Waals surface area contributed by atoms with Crippen molar-refractivity contribution < 1.29 is 9.53 Å². The second kappa shape index (κ2) is 6.34. The maximum atomic E-state index is 11.2. The zero-order valence-corrected chi connectivity index (χ0v) is 11.4. The molecule has 3 nitrogen and oxygen atoms in total. The van der Waals surface area contributed by atoms with Crippen LogP contribution in [0.5, 0.6) is 5.75 Å². The first-order chi connectivity index (χ1) is 7.93. The Balaban J connectivity index is 2.38. The fourth-order valence-corrected chi connectivity index (χ4v) is 1.41. The SMILES string of the molecule is COc1ccc(CCNC(=O)C(Cl)(Cl)Cl)cc1. The number of nitrogens with one attached hydrogen (secondary N) is 1. The molecule has 0 heterocycles. The summed E-state index contributed by atoms with van der Waals surface area (Å²) < 4.78 is 3.13. The van der Waals surface area contributed by atoms with Gasteiger partial charge in [-0.05, 0) is 24.1 Å². The van der Waals surface area contributed by atoms with E-state index in [0.29, 0.717) is 13.0 Å². The summed E-state index contributed by atoms with van der Waals surface area (Å²) in [5.41, 5.74) is 1.07. The van der Waals surface area contributed by atoms with Crippen molar-refractivity contribution in [3.8, 4) is 5.75 Å². The molecule has 0 atom stereocenters. The van der Waals surface area contributed by atoms with Gasteiger partial charge in [-0.1, -0.05) is 46.9 Å². The van der Waals surface area contributed by atoms with Gasteiger partial charge < -0.3 is 10.1 Å². The Morgan fingerprint density at radius 3 is 2.35 bits per heavy atom. The molecule has 1 rings (SSSR count). The van der Waals surface area contributed by atoms with Gasteiger partial charge in [-0.25, -0.2) is 0 Å². The first-order valence-corrected chi connectivity index (χ1v) is 6.05. The Morgan fingerprint density at radius 1 is 1.29 bits per heavy atom. The molecule has 0 aromatic heterocycles. The van der Waals surface area contributed by atoms with Gasteiger partial charge in [0.25, 0.3) is 9.70 Å². The van der Waals surface area contributed by atoms with Crippen molar-refractivity contribution in [2.24, 2.45) is 0 Å². The standard InChI is InChI=1S/C11H12Cl3NO2/c1-17-9-4-2-8(3-5-9)6-7-15-10(16)11(12,13)14/h2-5H,6-7H2,1H3,(H,15,16). The van der Waals surface area contributed by atoms with Crippen LogP contribution in [0.2, 0.25) is 0 Å². The topological polar surface area (TPSA) is 38.3 Å². The predicted octanol–water partition coefficient (Wildman–Crippen LogP) is 2.72. The molecule has 0 saturated heterocycles. The molecule has 1 N–H and O–H groups in total.